The van der Waals surface area contributed by atoms with Gasteiger partial charge in [-0.15, -0.1) is 10.2 Å². The van der Waals surface area contributed by atoms with Crippen molar-refractivity contribution in [1.82, 2.24) is 15.5 Å². The Morgan fingerprint density at radius 3 is 2.62 bits per heavy atom. The van der Waals surface area contributed by atoms with Crippen LogP contribution < -0.4 is 10.6 Å². The molecule has 1 aromatic carbocycles. The predicted molar refractivity (Wildman–Crippen MR) is 76.7 cm³/mol. The lowest BCUT2D eigenvalue weighted by Crippen LogP contribution is -2.24. The first-order valence-corrected chi connectivity index (χ1v) is 6.32. The lowest BCUT2D eigenvalue weighted by atomic mass is 10.2. The number of amides is 1. The molecule has 21 heavy (non-hydrogen) atoms. The number of hydrogen-bond acceptors (Lipinski definition) is 5. The molecule has 0 saturated heterocycles. The molecule has 0 aliphatic carbocycles. The summed E-state index contributed by atoms with van der Waals surface area (Å²) in [6.45, 7) is 2.33. The number of aromatic nitrogens is 2. The van der Waals surface area contributed by atoms with E-state index >= 15 is 0 Å². The van der Waals surface area contributed by atoms with E-state index in [9.17, 15) is 9.59 Å². The Morgan fingerprint density at radius 2 is 2.00 bits per heavy atom. The van der Waals surface area contributed by atoms with Gasteiger partial charge in [0, 0.05) is 12.2 Å². The fourth-order valence-electron chi connectivity index (χ4n) is 1.65. The van der Waals surface area contributed by atoms with Crippen LogP contribution in [-0.2, 0) is 0 Å². The quantitative estimate of drug-likeness (QED) is 0.772. The highest BCUT2D eigenvalue weighted by molar-refractivity contribution is 5.92. The minimum atomic E-state index is -1.00. The molecule has 0 atom stereocenters. The van der Waals surface area contributed by atoms with Crippen molar-refractivity contribution >= 4 is 23.4 Å². The number of anilines is 2. The van der Waals surface area contributed by atoms with Crippen molar-refractivity contribution in [1.29, 1.82) is 0 Å². The zero-order valence-electron chi connectivity index (χ0n) is 11.3. The molecule has 0 aliphatic rings. The molecular weight excluding hydrogens is 272 g/mol. The molecule has 0 bridgehead atoms. The number of nitrogens with one attached hydrogen (secondary N) is 2. The third kappa shape index (κ3) is 3.75. The molecule has 7 heteroatoms. The SMILES string of the molecule is CCNC(=O)c1ccc(Nc2cccc(C(=O)O)c2)nn1. The number of carbonyl (C=O) groups is 2. The van der Waals surface area contributed by atoms with Crippen LogP contribution in [0, 0.1) is 0 Å². The van der Waals surface area contributed by atoms with E-state index in [4.69, 9.17) is 5.11 Å². The summed E-state index contributed by atoms with van der Waals surface area (Å²) in [7, 11) is 0. The number of carboxylic acid groups (broad SMARTS) is 1. The normalized spacial score (nSPS) is 9.95. The second kappa shape index (κ2) is 6.47. The highest BCUT2D eigenvalue weighted by Gasteiger charge is 2.07. The monoisotopic (exact) mass is 286 g/mol. The zero-order chi connectivity index (χ0) is 15.2. The van der Waals surface area contributed by atoms with Crippen LogP contribution in [0.3, 0.4) is 0 Å². The first-order valence-electron chi connectivity index (χ1n) is 6.32. The minimum absolute atomic E-state index is 0.173. The Labute approximate surface area is 121 Å². The van der Waals surface area contributed by atoms with Gasteiger partial charge in [0.05, 0.1) is 5.56 Å². The summed E-state index contributed by atoms with van der Waals surface area (Å²) >= 11 is 0. The zero-order valence-corrected chi connectivity index (χ0v) is 11.3. The van der Waals surface area contributed by atoms with Crippen LogP contribution in [0.25, 0.3) is 0 Å². The molecule has 0 aliphatic heterocycles. The summed E-state index contributed by atoms with van der Waals surface area (Å²) in [4.78, 5) is 22.4. The van der Waals surface area contributed by atoms with Crippen molar-refractivity contribution < 1.29 is 14.7 Å². The van der Waals surface area contributed by atoms with Gasteiger partial charge >= 0.3 is 5.97 Å². The van der Waals surface area contributed by atoms with Gasteiger partial charge in [-0.05, 0) is 37.3 Å². The Hall–Kier alpha value is -2.96. The van der Waals surface area contributed by atoms with E-state index in [1.807, 2.05) is 6.92 Å². The molecule has 0 fully saturated rings. The number of carboxylic acids is 1. The molecule has 2 aromatic rings. The maximum atomic E-state index is 11.5. The maximum absolute atomic E-state index is 11.5. The van der Waals surface area contributed by atoms with Gasteiger partial charge < -0.3 is 15.7 Å². The van der Waals surface area contributed by atoms with E-state index in [0.29, 0.717) is 18.1 Å². The molecule has 0 saturated carbocycles. The van der Waals surface area contributed by atoms with Crippen molar-refractivity contribution in [2.75, 3.05) is 11.9 Å². The smallest absolute Gasteiger partial charge is 0.335 e. The van der Waals surface area contributed by atoms with Gasteiger partial charge in [0.15, 0.2) is 11.5 Å². The summed E-state index contributed by atoms with van der Waals surface area (Å²) in [6.07, 6.45) is 0. The third-order valence-corrected chi connectivity index (χ3v) is 2.62. The Balaban J connectivity index is 2.11. The van der Waals surface area contributed by atoms with Crippen LogP contribution in [-0.4, -0.2) is 33.7 Å². The van der Waals surface area contributed by atoms with E-state index in [1.54, 1.807) is 24.3 Å². The maximum Gasteiger partial charge on any atom is 0.335 e. The Morgan fingerprint density at radius 1 is 1.19 bits per heavy atom. The molecule has 1 amide bonds. The Kier molecular flexibility index (Phi) is 4.45. The molecule has 1 aromatic heterocycles. The second-order valence-corrected chi connectivity index (χ2v) is 4.17. The van der Waals surface area contributed by atoms with Crippen molar-refractivity contribution in [2.24, 2.45) is 0 Å². The molecule has 3 N–H and O–H groups in total. The van der Waals surface area contributed by atoms with Crippen LogP contribution in [0.15, 0.2) is 36.4 Å². The van der Waals surface area contributed by atoms with Crippen LogP contribution in [0.2, 0.25) is 0 Å². The number of benzene rings is 1. The predicted octanol–water partition coefficient (Wildman–Crippen LogP) is 1.67. The number of carbonyl (C=O) groups excluding carboxylic acids is 1. The molecule has 0 unspecified atom stereocenters. The van der Waals surface area contributed by atoms with E-state index in [-0.39, 0.29) is 17.2 Å². The number of hydrogen-bond donors (Lipinski definition) is 3. The van der Waals surface area contributed by atoms with E-state index in [2.05, 4.69) is 20.8 Å². The van der Waals surface area contributed by atoms with Crippen LogP contribution >= 0.6 is 0 Å². The third-order valence-electron chi connectivity index (χ3n) is 2.62. The van der Waals surface area contributed by atoms with Crippen molar-refractivity contribution in [3.8, 4) is 0 Å². The lowest BCUT2D eigenvalue weighted by Gasteiger charge is -2.06. The van der Waals surface area contributed by atoms with Gasteiger partial charge in [-0.2, -0.15) is 0 Å². The Bertz CT molecular complexity index is 656. The summed E-state index contributed by atoms with van der Waals surface area (Å²) in [5.74, 6) is -0.869. The standard InChI is InChI=1S/C14H14N4O3/c1-2-15-13(19)11-6-7-12(18-17-11)16-10-5-3-4-9(8-10)14(20)21/h3-8H,2H2,1H3,(H,15,19)(H,16,18)(H,20,21). The number of rotatable bonds is 5. The molecule has 7 nitrogen and oxygen atoms in total. The number of aromatic carboxylic acids is 1. The topological polar surface area (TPSA) is 104 Å². The van der Waals surface area contributed by atoms with Gasteiger partial charge in [-0.1, -0.05) is 6.07 Å². The highest BCUT2D eigenvalue weighted by Crippen LogP contribution is 2.15. The first kappa shape index (κ1) is 14.4. The highest BCUT2D eigenvalue weighted by atomic mass is 16.4. The van der Waals surface area contributed by atoms with Gasteiger partial charge in [0.2, 0.25) is 0 Å². The van der Waals surface area contributed by atoms with E-state index in [0.717, 1.165) is 0 Å². The average Bonchev–Trinajstić information content (AvgIpc) is 2.48. The largest absolute Gasteiger partial charge is 0.478 e. The first-order chi connectivity index (χ1) is 10.1. The van der Waals surface area contributed by atoms with Crippen molar-refractivity contribution in [2.45, 2.75) is 6.92 Å². The minimum Gasteiger partial charge on any atom is -0.478 e. The summed E-state index contributed by atoms with van der Waals surface area (Å²) in [6, 6.07) is 9.47. The molecule has 108 valence electrons. The molecule has 1 heterocycles. The summed E-state index contributed by atoms with van der Waals surface area (Å²) in [5.41, 5.74) is 0.976. The second-order valence-electron chi connectivity index (χ2n) is 4.17. The van der Waals surface area contributed by atoms with E-state index in [1.165, 1.54) is 12.1 Å². The molecule has 0 radical (unpaired) electrons. The van der Waals surface area contributed by atoms with Gasteiger partial charge in [-0.3, -0.25) is 4.79 Å². The van der Waals surface area contributed by atoms with Crippen molar-refractivity contribution in [3.05, 3.63) is 47.7 Å². The number of nitrogens with zero attached hydrogens (tertiary/aromatic N) is 2. The fraction of sp³-hybridized carbons (Fsp3) is 0.143. The molecule has 0 spiro atoms. The van der Waals surface area contributed by atoms with Crippen LogP contribution in [0.1, 0.15) is 27.8 Å². The fourth-order valence-corrected chi connectivity index (χ4v) is 1.65. The average molecular weight is 286 g/mol. The van der Waals surface area contributed by atoms with Crippen molar-refractivity contribution in [3.63, 3.8) is 0 Å². The molecular formula is C14H14N4O3. The lowest BCUT2D eigenvalue weighted by molar-refractivity contribution is 0.0696. The summed E-state index contributed by atoms with van der Waals surface area (Å²) in [5, 5.41) is 22.2. The van der Waals surface area contributed by atoms with E-state index < -0.39 is 5.97 Å². The van der Waals surface area contributed by atoms with Gasteiger partial charge in [0.25, 0.3) is 5.91 Å². The summed E-state index contributed by atoms with van der Waals surface area (Å²) < 4.78 is 0. The van der Waals surface area contributed by atoms with Gasteiger partial charge in [0.1, 0.15) is 0 Å². The molecule has 2 rings (SSSR count). The van der Waals surface area contributed by atoms with Crippen LogP contribution in [0.4, 0.5) is 11.5 Å². The van der Waals surface area contributed by atoms with Crippen LogP contribution in [0.5, 0.6) is 0 Å². The van der Waals surface area contributed by atoms with Gasteiger partial charge in [-0.25, -0.2) is 4.79 Å².